The van der Waals surface area contributed by atoms with E-state index in [1.165, 1.54) is 0 Å². The second kappa shape index (κ2) is 3.76. The number of hydrogen-bond acceptors (Lipinski definition) is 6. The van der Waals surface area contributed by atoms with Gasteiger partial charge >= 0.3 is 0 Å². The van der Waals surface area contributed by atoms with E-state index in [1.807, 2.05) is 6.92 Å². The van der Waals surface area contributed by atoms with Gasteiger partial charge in [0.1, 0.15) is 5.52 Å². The first-order chi connectivity index (χ1) is 8.70. The zero-order valence-electron chi connectivity index (χ0n) is 9.76. The lowest BCUT2D eigenvalue weighted by molar-refractivity contribution is 0.0991. The summed E-state index contributed by atoms with van der Waals surface area (Å²) in [6, 6.07) is 0.472. The molecule has 2 aliphatic heterocycles. The molecule has 2 bridgehead atoms. The fraction of sp³-hybridized carbons (Fsp3) is 0.545. The highest BCUT2D eigenvalue weighted by Gasteiger charge is 2.40. The summed E-state index contributed by atoms with van der Waals surface area (Å²) in [5.74, 6) is 0. The van der Waals surface area contributed by atoms with Crippen LogP contribution in [0.15, 0.2) is 0 Å². The molecule has 2 fully saturated rings. The molecule has 18 heavy (non-hydrogen) atoms. The van der Waals surface area contributed by atoms with Crippen molar-refractivity contribution in [1.29, 1.82) is 0 Å². The summed E-state index contributed by atoms with van der Waals surface area (Å²) in [5, 5.41) is 1.31. The maximum Gasteiger partial charge on any atom is 0.224 e. The predicted octanol–water partition coefficient (Wildman–Crippen LogP) is 2.03. The highest BCUT2D eigenvalue weighted by atomic mass is 35.5. The van der Waals surface area contributed by atoms with Crippen LogP contribution in [0.5, 0.6) is 0 Å². The number of fused-ring (bicyclic) bond motifs is 3. The van der Waals surface area contributed by atoms with Crippen molar-refractivity contribution in [3.05, 3.63) is 11.0 Å². The first-order valence-electron chi connectivity index (χ1n) is 5.89. The highest BCUT2D eigenvalue weighted by Crippen LogP contribution is 2.37. The Morgan fingerprint density at radius 1 is 1.39 bits per heavy atom. The zero-order chi connectivity index (χ0) is 12.3. The van der Waals surface area contributed by atoms with E-state index in [0.717, 1.165) is 40.7 Å². The van der Waals surface area contributed by atoms with Crippen LogP contribution in [0.3, 0.4) is 0 Å². The zero-order valence-corrected chi connectivity index (χ0v) is 11.3. The summed E-state index contributed by atoms with van der Waals surface area (Å²) < 4.78 is 5.61. The molecule has 4 rings (SSSR count). The molecule has 7 heteroatoms. The highest BCUT2D eigenvalue weighted by molar-refractivity contribution is 7.21. The third kappa shape index (κ3) is 1.52. The van der Waals surface area contributed by atoms with Gasteiger partial charge in [0.15, 0.2) is 9.96 Å². The van der Waals surface area contributed by atoms with E-state index in [0.29, 0.717) is 17.4 Å². The lowest BCUT2D eigenvalue weighted by atomic mass is 10.2. The fourth-order valence-electron chi connectivity index (χ4n) is 2.67. The molecule has 0 aliphatic carbocycles. The van der Waals surface area contributed by atoms with Crippen LogP contribution in [0.1, 0.15) is 12.1 Å². The van der Waals surface area contributed by atoms with Gasteiger partial charge in [-0.15, -0.1) is 0 Å². The summed E-state index contributed by atoms with van der Waals surface area (Å²) in [5.41, 5.74) is 1.70. The quantitative estimate of drug-likeness (QED) is 0.749. The minimum atomic E-state index is 0.293. The smallest absolute Gasteiger partial charge is 0.224 e. The number of morpholine rings is 1. The van der Waals surface area contributed by atoms with Crippen molar-refractivity contribution in [2.45, 2.75) is 25.5 Å². The van der Waals surface area contributed by atoms with E-state index >= 15 is 0 Å². The number of halogens is 1. The Bertz CT molecular complexity index is 631. The first kappa shape index (κ1) is 10.9. The molecule has 0 N–H and O–H groups in total. The second-order valence-electron chi connectivity index (χ2n) is 4.73. The number of aryl methyl sites for hydroxylation is 1. The summed E-state index contributed by atoms with van der Waals surface area (Å²) in [6.45, 7) is 3.66. The molecular formula is C11H11ClN4OS. The Morgan fingerprint density at radius 3 is 3.00 bits per heavy atom. The molecule has 94 valence electrons. The number of anilines is 1. The third-order valence-corrected chi connectivity index (χ3v) is 4.70. The summed E-state index contributed by atoms with van der Waals surface area (Å²) in [4.78, 5) is 16.2. The molecule has 2 aliphatic rings. The van der Waals surface area contributed by atoms with Crippen LogP contribution in [0.2, 0.25) is 5.28 Å². The van der Waals surface area contributed by atoms with Crippen molar-refractivity contribution in [3.63, 3.8) is 0 Å². The van der Waals surface area contributed by atoms with Crippen LogP contribution in [0, 0.1) is 6.92 Å². The van der Waals surface area contributed by atoms with Gasteiger partial charge in [-0.25, -0.2) is 15.0 Å². The van der Waals surface area contributed by atoms with Crippen LogP contribution in [0.4, 0.5) is 5.13 Å². The van der Waals surface area contributed by atoms with Crippen LogP contribution in [-0.4, -0.2) is 40.2 Å². The number of ether oxygens (including phenoxy) is 1. The van der Waals surface area contributed by atoms with Gasteiger partial charge in [-0.1, -0.05) is 11.3 Å². The van der Waals surface area contributed by atoms with Gasteiger partial charge < -0.3 is 9.64 Å². The number of thiazole rings is 1. The summed E-state index contributed by atoms with van der Waals surface area (Å²) >= 11 is 7.47. The topological polar surface area (TPSA) is 51.1 Å². The lowest BCUT2D eigenvalue weighted by Gasteiger charge is -2.25. The van der Waals surface area contributed by atoms with Gasteiger partial charge in [0, 0.05) is 6.54 Å². The lowest BCUT2D eigenvalue weighted by Crippen LogP contribution is -2.36. The second-order valence-corrected chi connectivity index (χ2v) is 6.02. The van der Waals surface area contributed by atoms with E-state index in [-0.39, 0.29) is 0 Å². The SMILES string of the molecule is Cc1nc(Cl)nc2sc(N3C[C@@H]4C[C@H]3CO4)nc12. The van der Waals surface area contributed by atoms with Gasteiger partial charge in [0.2, 0.25) is 5.28 Å². The molecule has 2 aromatic heterocycles. The molecule has 0 unspecified atom stereocenters. The molecule has 2 atom stereocenters. The van der Waals surface area contributed by atoms with Gasteiger partial charge in [-0.3, -0.25) is 0 Å². The Morgan fingerprint density at radius 2 is 2.28 bits per heavy atom. The van der Waals surface area contributed by atoms with Crippen LogP contribution < -0.4 is 4.90 Å². The molecule has 4 heterocycles. The fourth-order valence-corrected chi connectivity index (χ4v) is 4.00. The Labute approximate surface area is 113 Å². The molecule has 0 amide bonds. The maximum absolute atomic E-state index is 5.88. The minimum Gasteiger partial charge on any atom is -0.374 e. The van der Waals surface area contributed by atoms with Crippen LogP contribution in [-0.2, 0) is 4.74 Å². The van der Waals surface area contributed by atoms with Gasteiger partial charge in [-0.2, -0.15) is 0 Å². The number of nitrogens with zero attached hydrogens (tertiary/aromatic N) is 4. The summed E-state index contributed by atoms with van der Waals surface area (Å²) in [6.07, 6.45) is 1.49. The Hall–Kier alpha value is -0.980. The van der Waals surface area contributed by atoms with Gasteiger partial charge in [0.05, 0.1) is 24.4 Å². The van der Waals surface area contributed by atoms with Crippen molar-refractivity contribution in [2.75, 3.05) is 18.1 Å². The molecule has 5 nitrogen and oxygen atoms in total. The maximum atomic E-state index is 5.88. The Balaban J connectivity index is 1.80. The standard InChI is InChI=1S/C11H11ClN4OS/c1-5-8-9(15-10(12)13-5)18-11(14-8)16-3-7-2-6(16)4-17-7/h6-7H,2-4H2,1H3/t6-,7-/m0/s1. The molecule has 0 aromatic carbocycles. The largest absolute Gasteiger partial charge is 0.374 e. The number of hydrogen-bond donors (Lipinski definition) is 0. The monoisotopic (exact) mass is 282 g/mol. The molecule has 0 radical (unpaired) electrons. The van der Waals surface area contributed by atoms with Crippen molar-refractivity contribution in [2.24, 2.45) is 0 Å². The van der Waals surface area contributed by atoms with E-state index < -0.39 is 0 Å². The third-order valence-electron chi connectivity index (χ3n) is 3.54. The molecular weight excluding hydrogens is 272 g/mol. The van der Waals surface area contributed by atoms with E-state index in [2.05, 4.69) is 19.9 Å². The molecule has 0 saturated carbocycles. The van der Waals surface area contributed by atoms with Crippen LogP contribution in [0.25, 0.3) is 10.3 Å². The van der Waals surface area contributed by atoms with Crippen molar-refractivity contribution in [1.82, 2.24) is 15.0 Å². The normalized spacial score (nSPS) is 26.4. The van der Waals surface area contributed by atoms with Crippen molar-refractivity contribution < 1.29 is 4.74 Å². The van der Waals surface area contributed by atoms with Crippen molar-refractivity contribution >= 4 is 38.4 Å². The molecule has 0 spiro atoms. The van der Waals surface area contributed by atoms with E-state index in [1.54, 1.807) is 11.3 Å². The Kier molecular flexibility index (Phi) is 2.27. The van der Waals surface area contributed by atoms with E-state index in [4.69, 9.17) is 16.3 Å². The van der Waals surface area contributed by atoms with E-state index in [9.17, 15) is 0 Å². The van der Waals surface area contributed by atoms with Gasteiger partial charge in [0.25, 0.3) is 0 Å². The van der Waals surface area contributed by atoms with Crippen LogP contribution >= 0.6 is 22.9 Å². The molecule has 2 saturated heterocycles. The minimum absolute atomic E-state index is 0.293. The number of aromatic nitrogens is 3. The first-order valence-corrected chi connectivity index (χ1v) is 7.09. The summed E-state index contributed by atoms with van der Waals surface area (Å²) in [7, 11) is 0. The molecule has 2 aromatic rings. The predicted molar refractivity (Wildman–Crippen MR) is 70.4 cm³/mol. The average molecular weight is 283 g/mol. The number of rotatable bonds is 1. The average Bonchev–Trinajstić information content (AvgIpc) is 3.01. The van der Waals surface area contributed by atoms with Crippen molar-refractivity contribution in [3.8, 4) is 0 Å². The van der Waals surface area contributed by atoms with Gasteiger partial charge in [-0.05, 0) is 24.9 Å².